The molecule has 0 saturated carbocycles. The van der Waals surface area contributed by atoms with Gasteiger partial charge in [-0.15, -0.1) is 6.58 Å². The van der Waals surface area contributed by atoms with E-state index < -0.39 is 8.32 Å². The Labute approximate surface area is 84.3 Å². The van der Waals surface area contributed by atoms with Crippen molar-refractivity contribution in [2.24, 2.45) is 0 Å². The van der Waals surface area contributed by atoms with Crippen LogP contribution in [0.5, 0.6) is 0 Å². The standard InChI is InChI=1S/C11H24OSi/c1-6-10-11(5)12-13(7-2,8-3)9-4/h6,11H,1,7-10H2,2-5H3. The van der Waals surface area contributed by atoms with Gasteiger partial charge in [-0.3, -0.25) is 0 Å². The van der Waals surface area contributed by atoms with Crippen LogP contribution < -0.4 is 0 Å². The Morgan fingerprint density at radius 1 is 1.23 bits per heavy atom. The summed E-state index contributed by atoms with van der Waals surface area (Å²) in [6, 6.07) is 3.71. The molecule has 0 aliphatic carbocycles. The fraction of sp³-hybridized carbons (Fsp3) is 0.818. The summed E-state index contributed by atoms with van der Waals surface area (Å²) in [5, 5.41) is 0. The van der Waals surface area contributed by atoms with Crippen molar-refractivity contribution in [3.8, 4) is 0 Å². The highest BCUT2D eigenvalue weighted by molar-refractivity contribution is 6.73. The Morgan fingerprint density at radius 2 is 1.69 bits per heavy atom. The van der Waals surface area contributed by atoms with Crippen molar-refractivity contribution in [2.75, 3.05) is 0 Å². The van der Waals surface area contributed by atoms with Crippen molar-refractivity contribution < 1.29 is 4.43 Å². The average molecular weight is 200 g/mol. The zero-order chi connectivity index (χ0) is 10.3. The van der Waals surface area contributed by atoms with Gasteiger partial charge in [-0.1, -0.05) is 26.8 Å². The monoisotopic (exact) mass is 200 g/mol. The van der Waals surface area contributed by atoms with Gasteiger partial charge < -0.3 is 4.43 Å². The third-order valence-electron chi connectivity index (χ3n) is 2.88. The number of hydrogen-bond acceptors (Lipinski definition) is 1. The molecule has 78 valence electrons. The van der Waals surface area contributed by atoms with Crippen molar-refractivity contribution in [2.45, 2.75) is 58.4 Å². The highest BCUT2D eigenvalue weighted by Gasteiger charge is 2.30. The van der Waals surface area contributed by atoms with Crippen LogP contribution in [-0.4, -0.2) is 14.4 Å². The van der Waals surface area contributed by atoms with Gasteiger partial charge in [0.2, 0.25) is 0 Å². The first-order chi connectivity index (χ1) is 6.14. The lowest BCUT2D eigenvalue weighted by atomic mass is 10.3. The molecule has 0 spiro atoms. The molecule has 2 heteroatoms. The van der Waals surface area contributed by atoms with Crippen molar-refractivity contribution >= 4 is 8.32 Å². The lowest BCUT2D eigenvalue weighted by Gasteiger charge is -2.31. The molecule has 0 aromatic heterocycles. The molecule has 0 rings (SSSR count). The minimum absolute atomic E-state index is 0.365. The fourth-order valence-electron chi connectivity index (χ4n) is 1.71. The van der Waals surface area contributed by atoms with Crippen LogP contribution in [-0.2, 0) is 4.43 Å². The average Bonchev–Trinajstić information content (AvgIpc) is 2.15. The summed E-state index contributed by atoms with van der Waals surface area (Å²) < 4.78 is 6.19. The van der Waals surface area contributed by atoms with E-state index >= 15 is 0 Å². The highest BCUT2D eigenvalue weighted by atomic mass is 28.4. The lowest BCUT2D eigenvalue weighted by Crippen LogP contribution is -2.38. The molecule has 0 aliphatic rings. The predicted molar refractivity (Wildman–Crippen MR) is 62.6 cm³/mol. The molecule has 0 amide bonds. The molecule has 0 aromatic carbocycles. The first-order valence-electron chi connectivity index (χ1n) is 5.42. The van der Waals surface area contributed by atoms with E-state index in [0.717, 1.165) is 6.42 Å². The summed E-state index contributed by atoms with van der Waals surface area (Å²) in [5.74, 6) is 0. The van der Waals surface area contributed by atoms with E-state index in [0.29, 0.717) is 6.10 Å². The Balaban J connectivity index is 4.14. The van der Waals surface area contributed by atoms with Gasteiger partial charge in [-0.25, -0.2) is 0 Å². The molecule has 0 saturated heterocycles. The zero-order valence-corrected chi connectivity index (χ0v) is 10.6. The van der Waals surface area contributed by atoms with E-state index in [1.165, 1.54) is 18.1 Å². The Hall–Kier alpha value is -0.0831. The first-order valence-corrected chi connectivity index (χ1v) is 7.95. The van der Waals surface area contributed by atoms with Gasteiger partial charge in [0.25, 0.3) is 0 Å². The van der Waals surface area contributed by atoms with Crippen LogP contribution in [0.1, 0.15) is 34.1 Å². The number of rotatable bonds is 7. The van der Waals surface area contributed by atoms with Gasteiger partial charge in [0.05, 0.1) is 0 Å². The largest absolute Gasteiger partial charge is 0.414 e. The van der Waals surface area contributed by atoms with Crippen molar-refractivity contribution in [3.63, 3.8) is 0 Å². The van der Waals surface area contributed by atoms with Crippen LogP contribution in [0.15, 0.2) is 12.7 Å². The van der Waals surface area contributed by atoms with Crippen LogP contribution in [0, 0.1) is 0 Å². The number of hydrogen-bond donors (Lipinski definition) is 0. The van der Waals surface area contributed by atoms with Crippen molar-refractivity contribution in [3.05, 3.63) is 12.7 Å². The zero-order valence-electron chi connectivity index (χ0n) is 9.60. The second kappa shape index (κ2) is 6.38. The second-order valence-electron chi connectivity index (χ2n) is 3.70. The molecule has 0 heterocycles. The predicted octanol–water partition coefficient (Wildman–Crippen LogP) is 3.97. The fourth-order valence-corrected chi connectivity index (χ4v) is 4.66. The molecule has 0 aliphatic heterocycles. The molecule has 1 atom stereocenters. The Bertz CT molecular complexity index is 133. The van der Waals surface area contributed by atoms with Gasteiger partial charge in [-0.05, 0) is 31.5 Å². The van der Waals surface area contributed by atoms with E-state index in [1.54, 1.807) is 0 Å². The minimum Gasteiger partial charge on any atom is -0.414 e. The van der Waals surface area contributed by atoms with E-state index in [2.05, 4.69) is 34.3 Å². The summed E-state index contributed by atoms with van der Waals surface area (Å²) in [7, 11) is -1.37. The van der Waals surface area contributed by atoms with Crippen LogP contribution in [0.2, 0.25) is 18.1 Å². The maximum atomic E-state index is 6.19. The van der Waals surface area contributed by atoms with Crippen LogP contribution >= 0.6 is 0 Å². The van der Waals surface area contributed by atoms with Gasteiger partial charge in [0.1, 0.15) is 0 Å². The molecule has 0 aromatic rings. The topological polar surface area (TPSA) is 9.23 Å². The third-order valence-corrected chi connectivity index (χ3v) is 7.65. The molecule has 0 N–H and O–H groups in total. The highest BCUT2D eigenvalue weighted by Crippen LogP contribution is 2.24. The normalized spacial score (nSPS) is 14.2. The molecule has 1 nitrogen and oxygen atoms in total. The van der Waals surface area contributed by atoms with Crippen molar-refractivity contribution in [1.29, 1.82) is 0 Å². The molecule has 1 unspecified atom stereocenters. The van der Waals surface area contributed by atoms with E-state index in [-0.39, 0.29) is 0 Å². The van der Waals surface area contributed by atoms with Crippen LogP contribution in [0.4, 0.5) is 0 Å². The van der Waals surface area contributed by atoms with Crippen LogP contribution in [0.25, 0.3) is 0 Å². The Morgan fingerprint density at radius 3 is 2.00 bits per heavy atom. The summed E-state index contributed by atoms with van der Waals surface area (Å²) >= 11 is 0. The SMILES string of the molecule is C=CCC(C)O[Si](CC)(CC)CC. The van der Waals surface area contributed by atoms with Crippen LogP contribution in [0.3, 0.4) is 0 Å². The molecular formula is C11H24OSi. The lowest BCUT2D eigenvalue weighted by molar-refractivity contribution is 0.209. The third kappa shape index (κ3) is 4.10. The molecular weight excluding hydrogens is 176 g/mol. The maximum absolute atomic E-state index is 6.19. The summed E-state index contributed by atoms with van der Waals surface area (Å²) in [4.78, 5) is 0. The minimum atomic E-state index is -1.37. The molecule has 0 radical (unpaired) electrons. The maximum Gasteiger partial charge on any atom is 0.192 e. The Kier molecular flexibility index (Phi) is 6.34. The quantitative estimate of drug-likeness (QED) is 0.446. The molecule has 13 heavy (non-hydrogen) atoms. The van der Waals surface area contributed by atoms with E-state index in [9.17, 15) is 0 Å². The summed E-state index contributed by atoms with van der Waals surface area (Å²) in [6.45, 7) is 12.7. The van der Waals surface area contributed by atoms with Crippen molar-refractivity contribution in [1.82, 2.24) is 0 Å². The van der Waals surface area contributed by atoms with E-state index in [1.807, 2.05) is 6.08 Å². The second-order valence-corrected chi connectivity index (χ2v) is 8.42. The van der Waals surface area contributed by atoms with Gasteiger partial charge in [0, 0.05) is 6.10 Å². The molecule has 0 bridgehead atoms. The summed E-state index contributed by atoms with van der Waals surface area (Å²) in [5.41, 5.74) is 0. The van der Waals surface area contributed by atoms with Gasteiger partial charge in [-0.2, -0.15) is 0 Å². The molecule has 0 fully saturated rings. The van der Waals surface area contributed by atoms with Gasteiger partial charge >= 0.3 is 0 Å². The smallest absolute Gasteiger partial charge is 0.192 e. The first kappa shape index (κ1) is 12.9. The van der Waals surface area contributed by atoms with E-state index in [4.69, 9.17) is 4.43 Å². The summed E-state index contributed by atoms with van der Waals surface area (Å²) in [6.07, 6.45) is 3.29. The van der Waals surface area contributed by atoms with Gasteiger partial charge in [0.15, 0.2) is 8.32 Å².